The molecule has 0 spiro atoms. The van der Waals surface area contributed by atoms with Crippen LogP contribution in [0.2, 0.25) is 0 Å². The second-order valence-electron chi connectivity index (χ2n) is 5.10. The quantitative estimate of drug-likeness (QED) is 0.878. The van der Waals surface area contributed by atoms with Crippen LogP contribution in [0.25, 0.3) is 10.9 Å². The normalized spacial score (nSPS) is 12.8. The molecule has 0 aliphatic carbocycles. The largest absolute Gasteiger partial charge is 0.481 e. The molecule has 0 saturated heterocycles. The molecule has 1 unspecified atom stereocenters. The van der Waals surface area contributed by atoms with Gasteiger partial charge in [-0.2, -0.15) is 0 Å². The number of aromatic nitrogens is 1. The summed E-state index contributed by atoms with van der Waals surface area (Å²) in [7, 11) is 0. The molecule has 1 aromatic heterocycles. The molecule has 4 nitrogen and oxygen atoms in total. The maximum Gasteiger partial charge on any atom is 0.307 e. The van der Waals surface area contributed by atoms with Crippen LogP contribution in [0.15, 0.2) is 36.5 Å². The third-order valence-electron chi connectivity index (χ3n) is 3.47. The van der Waals surface area contributed by atoms with E-state index in [1.807, 2.05) is 18.2 Å². The number of carbonyl (C=O) groups is 1. The number of benzene rings is 1. The molecule has 2 rings (SSSR count). The highest BCUT2D eigenvalue weighted by atomic mass is 16.4. The van der Waals surface area contributed by atoms with E-state index in [-0.39, 0.29) is 5.92 Å². The van der Waals surface area contributed by atoms with Crippen molar-refractivity contribution in [2.45, 2.75) is 20.4 Å². The van der Waals surface area contributed by atoms with Gasteiger partial charge in [-0.3, -0.25) is 14.7 Å². The zero-order chi connectivity index (χ0) is 14.5. The lowest BCUT2D eigenvalue weighted by Crippen LogP contribution is -2.31. The number of fused-ring (bicyclic) bond motifs is 1. The molecule has 1 N–H and O–H groups in total. The van der Waals surface area contributed by atoms with E-state index in [9.17, 15) is 4.79 Å². The first-order valence-corrected chi connectivity index (χ1v) is 6.89. The number of pyridine rings is 1. The molecule has 1 heterocycles. The summed E-state index contributed by atoms with van der Waals surface area (Å²) in [5, 5.41) is 10.1. The van der Waals surface area contributed by atoms with Gasteiger partial charge in [-0.25, -0.2) is 0 Å². The molecule has 0 saturated carbocycles. The van der Waals surface area contributed by atoms with Crippen molar-refractivity contribution in [2.75, 3.05) is 13.1 Å². The Labute approximate surface area is 119 Å². The van der Waals surface area contributed by atoms with Gasteiger partial charge in [0.1, 0.15) is 0 Å². The van der Waals surface area contributed by atoms with Crippen molar-refractivity contribution in [1.82, 2.24) is 9.88 Å². The predicted molar refractivity (Wildman–Crippen MR) is 79.5 cm³/mol. The first kappa shape index (κ1) is 14.5. The highest BCUT2D eigenvalue weighted by molar-refractivity contribution is 5.78. The van der Waals surface area contributed by atoms with Gasteiger partial charge in [0, 0.05) is 24.7 Å². The molecule has 0 bridgehead atoms. The van der Waals surface area contributed by atoms with Crippen LogP contribution in [0.4, 0.5) is 0 Å². The minimum absolute atomic E-state index is 0.350. The Morgan fingerprint density at radius 2 is 2.20 bits per heavy atom. The number of carboxylic acids is 1. The van der Waals surface area contributed by atoms with Crippen LogP contribution < -0.4 is 0 Å². The van der Waals surface area contributed by atoms with Crippen LogP contribution in [-0.2, 0) is 11.3 Å². The lowest BCUT2D eigenvalue weighted by molar-refractivity contribution is -0.141. The topological polar surface area (TPSA) is 53.4 Å². The minimum atomic E-state index is -0.744. The number of nitrogens with zero attached hydrogens (tertiary/aromatic N) is 2. The number of hydrogen-bond donors (Lipinski definition) is 1. The number of hydrogen-bond acceptors (Lipinski definition) is 3. The van der Waals surface area contributed by atoms with E-state index in [4.69, 9.17) is 5.11 Å². The van der Waals surface area contributed by atoms with Crippen LogP contribution in [0.3, 0.4) is 0 Å². The summed E-state index contributed by atoms with van der Waals surface area (Å²) < 4.78 is 0. The Bertz CT molecular complexity index is 598. The van der Waals surface area contributed by atoms with Crippen LogP contribution in [0.1, 0.15) is 19.4 Å². The number of aliphatic carboxylic acids is 1. The first-order chi connectivity index (χ1) is 9.60. The summed E-state index contributed by atoms with van der Waals surface area (Å²) in [5.41, 5.74) is 2.17. The second-order valence-corrected chi connectivity index (χ2v) is 5.10. The summed E-state index contributed by atoms with van der Waals surface area (Å²) in [5.74, 6) is -1.09. The van der Waals surface area contributed by atoms with Gasteiger partial charge in [-0.15, -0.1) is 0 Å². The lowest BCUT2D eigenvalue weighted by atomic mass is 10.1. The van der Waals surface area contributed by atoms with Crippen molar-refractivity contribution in [1.29, 1.82) is 0 Å². The van der Waals surface area contributed by atoms with E-state index in [0.29, 0.717) is 6.54 Å². The van der Waals surface area contributed by atoms with Gasteiger partial charge in [0.15, 0.2) is 0 Å². The van der Waals surface area contributed by atoms with Gasteiger partial charge < -0.3 is 5.11 Å². The molecular formula is C16H20N2O2. The standard InChI is InChI=1S/C16H20N2O2/c1-3-18(10-12(2)16(19)20)11-13-6-7-15-14(9-13)5-4-8-17-15/h4-9,12H,3,10-11H2,1-2H3,(H,19,20). The molecule has 4 heteroatoms. The third kappa shape index (κ3) is 3.54. The maximum atomic E-state index is 10.9. The van der Waals surface area contributed by atoms with Gasteiger partial charge in [-0.1, -0.05) is 26.0 Å². The molecule has 0 aliphatic heterocycles. The SMILES string of the molecule is CCN(Cc1ccc2ncccc2c1)CC(C)C(=O)O. The summed E-state index contributed by atoms with van der Waals surface area (Å²) >= 11 is 0. The molecule has 0 radical (unpaired) electrons. The highest BCUT2D eigenvalue weighted by Gasteiger charge is 2.15. The summed E-state index contributed by atoms with van der Waals surface area (Å²) in [6.45, 7) is 5.96. The minimum Gasteiger partial charge on any atom is -0.481 e. The monoisotopic (exact) mass is 272 g/mol. The summed E-state index contributed by atoms with van der Waals surface area (Å²) in [6.07, 6.45) is 1.79. The lowest BCUT2D eigenvalue weighted by Gasteiger charge is -2.22. The zero-order valence-electron chi connectivity index (χ0n) is 11.9. The van der Waals surface area contributed by atoms with Gasteiger partial charge in [-0.05, 0) is 30.3 Å². The van der Waals surface area contributed by atoms with Crippen molar-refractivity contribution in [3.05, 3.63) is 42.1 Å². The Kier molecular flexibility index (Phi) is 4.69. The fourth-order valence-corrected chi connectivity index (χ4v) is 2.25. The van der Waals surface area contributed by atoms with E-state index >= 15 is 0 Å². The Morgan fingerprint density at radius 3 is 2.90 bits per heavy atom. The number of rotatable bonds is 6. The van der Waals surface area contributed by atoms with E-state index in [0.717, 1.165) is 24.0 Å². The first-order valence-electron chi connectivity index (χ1n) is 6.89. The molecule has 1 atom stereocenters. The van der Waals surface area contributed by atoms with Crippen LogP contribution >= 0.6 is 0 Å². The average molecular weight is 272 g/mol. The van der Waals surface area contributed by atoms with Gasteiger partial charge in [0.05, 0.1) is 11.4 Å². The van der Waals surface area contributed by atoms with E-state index in [1.54, 1.807) is 13.1 Å². The fourth-order valence-electron chi connectivity index (χ4n) is 2.25. The molecule has 106 valence electrons. The average Bonchev–Trinajstić information content (AvgIpc) is 2.46. The van der Waals surface area contributed by atoms with Crippen molar-refractivity contribution < 1.29 is 9.90 Å². The second kappa shape index (κ2) is 6.48. The zero-order valence-corrected chi connectivity index (χ0v) is 11.9. The van der Waals surface area contributed by atoms with Crippen LogP contribution in [-0.4, -0.2) is 34.0 Å². The maximum absolute atomic E-state index is 10.9. The van der Waals surface area contributed by atoms with Crippen LogP contribution in [0, 0.1) is 5.92 Å². The Hall–Kier alpha value is -1.94. The molecule has 1 aromatic carbocycles. The molecule has 0 fully saturated rings. The van der Waals surface area contributed by atoms with Crippen molar-refractivity contribution in [3.63, 3.8) is 0 Å². The highest BCUT2D eigenvalue weighted by Crippen LogP contribution is 2.15. The van der Waals surface area contributed by atoms with Gasteiger partial charge >= 0.3 is 5.97 Å². The molecule has 20 heavy (non-hydrogen) atoms. The van der Waals surface area contributed by atoms with Crippen LogP contribution in [0.5, 0.6) is 0 Å². The number of carboxylic acid groups (broad SMARTS) is 1. The molecular weight excluding hydrogens is 252 g/mol. The Balaban J connectivity index is 2.11. The Morgan fingerprint density at radius 1 is 1.40 bits per heavy atom. The fraction of sp³-hybridized carbons (Fsp3) is 0.375. The predicted octanol–water partition coefficient (Wildman–Crippen LogP) is 2.78. The summed E-state index contributed by atoms with van der Waals surface area (Å²) in [4.78, 5) is 17.4. The van der Waals surface area contributed by atoms with E-state index < -0.39 is 5.97 Å². The molecule has 0 aliphatic rings. The van der Waals surface area contributed by atoms with E-state index in [1.165, 1.54) is 5.56 Å². The third-order valence-corrected chi connectivity index (χ3v) is 3.47. The van der Waals surface area contributed by atoms with Crippen molar-refractivity contribution in [2.24, 2.45) is 5.92 Å². The molecule has 2 aromatic rings. The van der Waals surface area contributed by atoms with Gasteiger partial charge in [0.2, 0.25) is 0 Å². The van der Waals surface area contributed by atoms with E-state index in [2.05, 4.69) is 28.9 Å². The van der Waals surface area contributed by atoms with Crippen molar-refractivity contribution in [3.8, 4) is 0 Å². The molecule has 0 amide bonds. The van der Waals surface area contributed by atoms with Crippen molar-refractivity contribution >= 4 is 16.9 Å². The smallest absolute Gasteiger partial charge is 0.307 e. The summed E-state index contributed by atoms with van der Waals surface area (Å²) in [6, 6.07) is 10.2. The van der Waals surface area contributed by atoms with Gasteiger partial charge in [0.25, 0.3) is 0 Å².